The minimum atomic E-state index is -0.138. The minimum Gasteiger partial charge on any atom is -0.352 e. The van der Waals surface area contributed by atoms with Crippen molar-refractivity contribution in [2.24, 2.45) is 0 Å². The largest absolute Gasteiger partial charge is 0.352 e. The number of fused-ring (bicyclic) bond motifs is 1. The number of rotatable bonds is 7. The van der Waals surface area contributed by atoms with E-state index in [1.54, 1.807) is 30.3 Å². The Labute approximate surface area is 178 Å². The summed E-state index contributed by atoms with van der Waals surface area (Å²) in [7, 11) is 0. The van der Waals surface area contributed by atoms with Crippen LogP contribution in [0.5, 0.6) is 0 Å². The van der Waals surface area contributed by atoms with Crippen molar-refractivity contribution in [1.29, 1.82) is 0 Å². The predicted octanol–water partition coefficient (Wildman–Crippen LogP) is 4.70. The standard InChI is InChI=1S/C22H23N3O2S2/c26-21(23-13-3-8-20-25-17-5-1-2-6-18(17)29-20)15-9-11-16(12-10-15)24-22(27)19-7-4-14-28-19/h4,7,9-12,14H,1-3,5-6,8,13H2,(H,23,26)(H,24,27). The lowest BCUT2D eigenvalue weighted by Crippen LogP contribution is -2.24. The lowest BCUT2D eigenvalue weighted by atomic mass is 10.0. The first kappa shape index (κ1) is 19.8. The highest BCUT2D eigenvalue weighted by atomic mass is 32.1. The number of hydrogen-bond acceptors (Lipinski definition) is 5. The lowest BCUT2D eigenvalue weighted by Gasteiger charge is -2.07. The molecule has 2 amide bonds. The van der Waals surface area contributed by atoms with Gasteiger partial charge in [0.25, 0.3) is 11.8 Å². The molecular formula is C22H23N3O2S2. The third-order valence-electron chi connectivity index (χ3n) is 4.89. The third kappa shape index (κ3) is 5.10. The van der Waals surface area contributed by atoms with Crippen LogP contribution in [0.3, 0.4) is 0 Å². The first-order chi connectivity index (χ1) is 14.2. The van der Waals surface area contributed by atoms with E-state index < -0.39 is 0 Å². The normalized spacial score (nSPS) is 13.0. The van der Waals surface area contributed by atoms with Crippen LogP contribution in [0.4, 0.5) is 5.69 Å². The van der Waals surface area contributed by atoms with Gasteiger partial charge in [-0.1, -0.05) is 6.07 Å². The Morgan fingerprint density at radius 2 is 1.86 bits per heavy atom. The fourth-order valence-electron chi connectivity index (χ4n) is 3.36. The van der Waals surface area contributed by atoms with Gasteiger partial charge in [0.1, 0.15) is 0 Å². The van der Waals surface area contributed by atoms with Crippen LogP contribution >= 0.6 is 22.7 Å². The Morgan fingerprint density at radius 1 is 1.03 bits per heavy atom. The molecule has 150 valence electrons. The number of anilines is 1. The second kappa shape index (κ2) is 9.33. The SMILES string of the molecule is O=C(NCCCc1nc2c(s1)CCCC2)c1ccc(NC(=O)c2cccs2)cc1. The molecule has 7 heteroatoms. The second-order valence-corrected chi connectivity index (χ2v) is 9.17. The van der Waals surface area contributed by atoms with E-state index in [1.165, 1.54) is 46.2 Å². The predicted molar refractivity (Wildman–Crippen MR) is 118 cm³/mol. The van der Waals surface area contributed by atoms with Gasteiger partial charge in [0, 0.05) is 29.1 Å². The van der Waals surface area contributed by atoms with E-state index in [4.69, 9.17) is 4.98 Å². The van der Waals surface area contributed by atoms with Gasteiger partial charge in [-0.15, -0.1) is 22.7 Å². The average Bonchev–Trinajstić information content (AvgIpc) is 3.41. The Morgan fingerprint density at radius 3 is 2.62 bits per heavy atom. The quantitative estimate of drug-likeness (QED) is 0.539. The molecule has 2 aromatic heterocycles. The highest BCUT2D eigenvalue weighted by molar-refractivity contribution is 7.12. The molecule has 2 heterocycles. The highest BCUT2D eigenvalue weighted by Crippen LogP contribution is 2.27. The molecule has 2 N–H and O–H groups in total. The maximum atomic E-state index is 12.3. The number of aryl methyl sites for hydroxylation is 3. The van der Waals surface area contributed by atoms with Gasteiger partial charge in [0.05, 0.1) is 15.6 Å². The molecule has 1 aromatic carbocycles. The molecule has 0 saturated heterocycles. The van der Waals surface area contributed by atoms with Crippen molar-refractivity contribution in [2.75, 3.05) is 11.9 Å². The minimum absolute atomic E-state index is 0.0976. The number of nitrogens with one attached hydrogen (secondary N) is 2. The van der Waals surface area contributed by atoms with Gasteiger partial charge in [-0.2, -0.15) is 0 Å². The fraction of sp³-hybridized carbons (Fsp3) is 0.318. The van der Waals surface area contributed by atoms with E-state index in [2.05, 4.69) is 10.6 Å². The van der Waals surface area contributed by atoms with Crippen LogP contribution in [0.25, 0.3) is 0 Å². The van der Waals surface area contributed by atoms with Crippen molar-refractivity contribution in [3.05, 3.63) is 67.8 Å². The van der Waals surface area contributed by atoms with E-state index in [1.807, 2.05) is 22.8 Å². The van der Waals surface area contributed by atoms with E-state index in [-0.39, 0.29) is 11.8 Å². The number of thiazole rings is 1. The number of carbonyl (C=O) groups excluding carboxylic acids is 2. The summed E-state index contributed by atoms with van der Waals surface area (Å²) in [6, 6.07) is 10.6. The number of thiophene rings is 1. The lowest BCUT2D eigenvalue weighted by molar-refractivity contribution is 0.0952. The molecule has 29 heavy (non-hydrogen) atoms. The van der Waals surface area contributed by atoms with Crippen LogP contribution in [0.2, 0.25) is 0 Å². The summed E-state index contributed by atoms with van der Waals surface area (Å²) in [6.45, 7) is 0.625. The highest BCUT2D eigenvalue weighted by Gasteiger charge is 2.15. The Kier molecular flexibility index (Phi) is 6.36. The van der Waals surface area contributed by atoms with E-state index in [0.29, 0.717) is 22.7 Å². The zero-order chi connectivity index (χ0) is 20.1. The molecule has 4 rings (SSSR count). The number of amides is 2. The van der Waals surface area contributed by atoms with Gasteiger partial charge in [-0.25, -0.2) is 4.98 Å². The molecule has 0 fully saturated rings. The molecule has 0 unspecified atom stereocenters. The second-order valence-electron chi connectivity index (χ2n) is 7.05. The van der Waals surface area contributed by atoms with Crippen molar-refractivity contribution in [2.45, 2.75) is 38.5 Å². The van der Waals surface area contributed by atoms with Crippen molar-refractivity contribution in [3.8, 4) is 0 Å². The number of benzene rings is 1. The molecule has 1 aliphatic rings. The van der Waals surface area contributed by atoms with Gasteiger partial charge < -0.3 is 10.6 Å². The number of hydrogen-bond donors (Lipinski definition) is 2. The smallest absolute Gasteiger partial charge is 0.265 e. The maximum Gasteiger partial charge on any atom is 0.265 e. The average molecular weight is 426 g/mol. The summed E-state index contributed by atoms with van der Waals surface area (Å²) in [5.41, 5.74) is 2.56. The van der Waals surface area contributed by atoms with Crippen molar-refractivity contribution >= 4 is 40.2 Å². The van der Waals surface area contributed by atoms with E-state index >= 15 is 0 Å². The van der Waals surface area contributed by atoms with E-state index in [9.17, 15) is 9.59 Å². The molecule has 3 aromatic rings. The number of nitrogens with zero attached hydrogens (tertiary/aromatic N) is 1. The van der Waals surface area contributed by atoms with Gasteiger partial charge in [0.15, 0.2) is 0 Å². The zero-order valence-corrected chi connectivity index (χ0v) is 17.7. The summed E-state index contributed by atoms with van der Waals surface area (Å²) in [6.07, 6.45) is 6.61. The number of aromatic nitrogens is 1. The molecule has 0 saturated carbocycles. The Balaban J connectivity index is 1.22. The summed E-state index contributed by atoms with van der Waals surface area (Å²) in [4.78, 5) is 31.3. The van der Waals surface area contributed by atoms with Crippen molar-refractivity contribution in [3.63, 3.8) is 0 Å². The summed E-state index contributed by atoms with van der Waals surface area (Å²) >= 11 is 3.23. The van der Waals surface area contributed by atoms with Gasteiger partial charge >= 0.3 is 0 Å². The fourth-order valence-corrected chi connectivity index (χ4v) is 5.18. The zero-order valence-electron chi connectivity index (χ0n) is 16.1. The Bertz CT molecular complexity index is 955. The van der Waals surface area contributed by atoms with Crippen LogP contribution in [0, 0.1) is 0 Å². The first-order valence-corrected chi connectivity index (χ1v) is 11.6. The monoisotopic (exact) mass is 425 g/mol. The molecular weight excluding hydrogens is 402 g/mol. The summed E-state index contributed by atoms with van der Waals surface area (Å²) in [5.74, 6) is -0.236. The van der Waals surface area contributed by atoms with Gasteiger partial charge in [0.2, 0.25) is 0 Å². The van der Waals surface area contributed by atoms with Crippen LogP contribution < -0.4 is 10.6 Å². The molecule has 5 nitrogen and oxygen atoms in total. The molecule has 0 radical (unpaired) electrons. The topological polar surface area (TPSA) is 71.1 Å². The summed E-state index contributed by atoms with van der Waals surface area (Å²) < 4.78 is 0. The first-order valence-electron chi connectivity index (χ1n) is 9.89. The molecule has 1 aliphatic carbocycles. The van der Waals surface area contributed by atoms with Crippen LogP contribution in [-0.4, -0.2) is 23.3 Å². The molecule has 0 spiro atoms. The van der Waals surface area contributed by atoms with Crippen LogP contribution in [0.1, 0.15) is 54.9 Å². The van der Waals surface area contributed by atoms with Gasteiger partial charge in [-0.05, 0) is 67.8 Å². The Hall–Kier alpha value is -2.51. The molecule has 0 aliphatic heterocycles. The molecule has 0 bridgehead atoms. The number of carbonyl (C=O) groups is 2. The van der Waals surface area contributed by atoms with Crippen molar-refractivity contribution in [1.82, 2.24) is 10.3 Å². The third-order valence-corrected chi connectivity index (χ3v) is 6.98. The maximum absolute atomic E-state index is 12.3. The van der Waals surface area contributed by atoms with Gasteiger partial charge in [-0.3, -0.25) is 9.59 Å². The van der Waals surface area contributed by atoms with Crippen molar-refractivity contribution < 1.29 is 9.59 Å². The summed E-state index contributed by atoms with van der Waals surface area (Å²) in [5, 5.41) is 8.86. The van der Waals surface area contributed by atoms with E-state index in [0.717, 1.165) is 19.3 Å². The van der Waals surface area contributed by atoms with Crippen LogP contribution in [-0.2, 0) is 19.3 Å². The van der Waals surface area contributed by atoms with Crippen LogP contribution in [0.15, 0.2) is 41.8 Å². The molecule has 0 atom stereocenters.